The third kappa shape index (κ3) is 5.06. The first kappa shape index (κ1) is 20.4. The van der Waals surface area contributed by atoms with Crippen LogP contribution in [-0.4, -0.2) is 18.0 Å². The van der Waals surface area contributed by atoms with Gasteiger partial charge < -0.3 is 14.5 Å². The standard InChI is InChI=1S/C21H25NO5/c1-12-11-17(23)26-13(2)18(12)20(25)27-14(3)19(24)22-16-9-7-15(8-10-16)21(4,5)6/h7-11,14H,1-6H3,(H,22,24). The Morgan fingerprint density at radius 2 is 1.70 bits per heavy atom. The molecule has 0 spiro atoms. The van der Waals surface area contributed by atoms with Gasteiger partial charge in [-0.1, -0.05) is 32.9 Å². The summed E-state index contributed by atoms with van der Waals surface area (Å²) in [4.78, 5) is 36.0. The lowest BCUT2D eigenvalue weighted by Gasteiger charge is -2.19. The molecule has 6 nitrogen and oxygen atoms in total. The summed E-state index contributed by atoms with van der Waals surface area (Å²) in [6.45, 7) is 10.9. The number of carbonyl (C=O) groups is 2. The zero-order chi connectivity index (χ0) is 20.4. The Hall–Kier alpha value is -2.89. The van der Waals surface area contributed by atoms with Gasteiger partial charge in [0, 0.05) is 11.8 Å². The second-order valence-electron chi connectivity index (χ2n) is 7.54. The van der Waals surface area contributed by atoms with Crippen LogP contribution in [-0.2, 0) is 14.9 Å². The van der Waals surface area contributed by atoms with E-state index in [0.717, 1.165) is 5.56 Å². The van der Waals surface area contributed by atoms with Gasteiger partial charge in [0.25, 0.3) is 5.91 Å². The number of hydrogen-bond acceptors (Lipinski definition) is 5. The third-order valence-electron chi connectivity index (χ3n) is 4.21. The summed E-state index contributed by atoms with van der Waals surface area (Å²) in [6, 6.07) is 8.74. The number of benzene rings is 1. The van der Waals surface area contributed by atoms with Gasteiger partial charge >= 0.3 is 11.6 Å². The first-order valence-electron chi connectivity index (χ1n) is 8.73. The summed E-state index contributed by atoms with van der Waals surface area (Å²) in [5.41, 5.74) is 1.85. The largest absolute Gasteiger partial charge is 0.449 e. The minimum absolute atomic E-state index is 0.0196. The van der Waals surface area contributed by atoms with Crippen molar-refractivity contribution >= 4 is 17.6 Å². The van der Waals surface area contributed by atoms with E-state index in [0.29, 0.717) is 11.3 Å². The maximum absolute atomic E-state index is 12.4. The lowest BCUT2D eigenvalue weighted by molar-refractivity contribution is -0.123. The average Bonchev–Trinajstić information content (AvgIpc) is 2.53. The fourth-order valence-corrected chi connectivity index (χ4v) is 2.63. The number of esters is 1. The molecule has 0 aliphatic carbocycles. The molecule has 1 unspecified atom stereocenters. The fraction of sp³-hybridized carbons (Fsp3) is 0.381. The molecule has 1 aromatic heterocycles. The van der Waals surface area contributed by atoms with Crippen molar-refractivity contribution in [2.75, 3.05) is 5.32 Å². The minimum atomic E-state index is -1.01. The van der Waals surface area contributed by atoms with E-state index in [-0.39, 0.29) is 16.7 Å². The van der Waals surface area contributed by atoms with Crippen molar-refractivity contribution in [3.05, 3.63) is 63.2 Å². The molecule has 0 bridgehead atoms. The number of anilines is 1. The van der Waals surface area contributed by atoms with Crippen LogP contribution >= 0.6 is 0 Å². The van der Waals surface area contributed by atoms with E-state index >= 15 is 0 Å². The van der Waals surface area contributed by atoms with Gasteiger partial charge in [0.15, 0.2) is 6.10 Å². The van der Waals surface area contributed by atoms with E-state index in [4.69, 9.17) is 9.15 Å². The maximum atomic E-state index is 12.4. The van der Waals surface area contributed by atoms with Crippen molar-refractivity contribution in [3.8, 4) is 0 Å². The summed E-state index contributed by atoms with van der Waals surface area (Å²) < 4.78 is 10.2. The Kier molecular flexibility index (Phi) is 5.88. The normalized spacial score (nSPS) is 12.4. The first-order valence-corrected chi connectivity index (χ1v) is 8.73. The molecule has 0 saturated carbocycles. The molecule has 0 aliphatic rings. The Bertz CT molecular complexity index is 877. The molecule has 1 heterocycles. The molecule has 0 aliphatic heterocycles. The number of amides is 1. The smallest absolute Gasteiger partial charge is 0.342 e. The maximum Gasteiger partial charge on any atom is 0.342 e. The highest BCUT2D eigenvalue weighted by molar-refractivity contribution is 5.98. The molecule has 6 heteroatoms. The predicted octanol–water partition coefficient (Wildman–Crippen LogP) is 3.74. The van der Waals surface area contributed by atoms with Crippen LogP contribution in [0.5, 0.6) is 0 Å². The molecule has 0 radical (unpaired) electrons. The van der Waals surface area contributed by atoms with Gasteiger partial charge in [0.2, 0.25) is 0 Å². The van der Waals surface area contributed by atoms with Gasteiger partial charge in [-0.05, 0) is 49.4 Å². The molecule has 1 amide bonds. The van der Waals surface area contributed by atoms with Crippen LogP contribution in [0.4, 0.5) is 5.69 Å². The highest BCUT2D eigenvalue weighted by Crippen LogP contribution is 2.23. The molecular weight excluding hydrogens is 346 g/mol. The van der Waals surface area contributed by atoms with Crippen LogP contribution in [0.3, 0.4) is 0 Å². The second-order valence-corrected chi connectivity index (χ2v) is 7.54. The summed E-state index contributed by atoms with van der Waals surface area (Å²) in [7, 11) is 0. The zero-order valence-electron chi connectivity index (χ0n) is 16.5. The lowest BCUT2D eigenvalue weighted by Crippen LogP contribution is -2.30. The number of ether oxygens (including phenoxy) is 1. The number of hydrogen-bond donors (Lipinski definition) is 1. The van der Waals surface area contributed by atoms with Gasteiger partial charge in [0.1, 0.15) is 11.3 Å². The molecule has 0 saturated heterocycles. The molecule has 144 valence electrons. The molecule has 2 rings (SSSR count). The topological polar surface area (TPSA) is 85.6 Å². The number of rotatable bonds is 4. The monoisotopic (exact) mass is 371 g/mol. The fourth-order valence-electron chi connectivity index (χ4n) is 2.63. The third-order valence-corrected chi connectivity index (χ3v) is 4.21. The highest BCUT2D eigenvalue weighted by atomic mass is 16.5. The van der Waals surface area contributed by atoms with Gasteiger partial charge in [-0.15, -0.1) is 0 Å². The van der Waals surface area contributed by atoms with Gasteiger partial charge in [-0.2, -0.15) is 0 Å². The zero-order valence-corrected chi connectivity index (χ0v) is 16.5. The van der Waals surface area contributed by atoms with Crippen LogP contribution in [0.25, 0.3) is 0 Å². The van der Waals surface area contributed by atoms with Crippen LogP contribution in [0.15, 0.2) is 39.5 Å². The van der Waals surface area contributed by atoms with Crippen molar-refractivity contribution in [1.82, 2.24) is 0 Å². The Labute approximate surface area is 158 Å². The van der Waals surface area contributed by atoms with Crippen molar-refractivity contribution in [2.45, 2.75) is 53.1 Å². The van der Waals surface area contributed by atoms with Gasteiger partial charge in [-0.3, -0.25) is 4.79 Å². The Balaban J connectivity index is 2.05. The molecule has 27 heavy (non-hydrogen) atoms. The van der Waals surface area contributed by atoms with E-state index < -0.39 is 23.6 Å². The molecule has 0 fully saturated rings. The van der Waals surface area contributed by atoms with Gasteiger partial charge in [0.05, 0.1) is 0 Å². The molecule has 2 aromatic rings. The lowest BCUT2D eigenvalue weighted by atomic mass is 9.87. The van der Waals surface area contributed by atoms with Crippen molar-refractivity contribution in [2.24, 2.45) is 0 Å². The second kappa shape index (κ2) is 7.78. The number of carbonyl (C=O) groups excluding carboxylic acids is 2. The van der Waals surface area contributed by atoms with E-state index in [1.54, 1.807) is 6.92 Å². The predicted molar refractivity (Wildman–Crippen MR) is 103 cm³/mol. The number of nitrogens with one attached hydrogen (secondary N) is 1. The van der Waals surface area contributed by atoms with Crippen LogP contribution in [0.2, 0.25) is 0 Å². The van der Waals surface area contributed by atoms with E-state index in [9.17, 15) is 14.4 Å². The van der Waals surface area contributed by atoms with E-state index in [1.165, 1.54) is 19.9 Å². The highest BCUT2D eigenvalue weighted by Gasteiger charge is 2.23. The Morgan fingerprint density at radius 3 is 2.22 bits per heavy atom. The molecule has 1 aromatic carbocycles. The summed E-state index contributed by atoms with van der Waals surface area (Å²) in [5.74, 6) is -0.991. The van der Waals surface area contributed by atoms with E-state index in [1.807, 2.05) is 24.3 Å². The van der Waals surface area contributed by atoms with Crippen LogP contribution in [0.1, 0.15) is 54.9 Å². The molecule has 1 atom stereocenters. The van der Waals surface area contributed by atoms with Gasteiger partial charge in [-0.25, -0.2) is 9.59 Å². The summed E-state index contributed by atoms with van der Waals surface area (Å²) >= 11 is 0. The summed E-state index contributed by atoms with van der Waals surface area (Å²) in [6.07, 6.45) is -1.01. The van der Waals surface area contributed by atoms with Crippen molar-refractivity contribution in [3.63, 3.8) is 0 Å². The Morgan fingerprint density at radius 1 is 1.11 bits per heavy atom. The molecular formula is C21H25NO5. The van der Waals surface area contributed by atoms with Crippen LogP contribution in [0, 0.1) is 13.8 Å². The SMILES string of the molecule is Cc1cc(=O)oc(C)c1C(=O)OC(C)C(=O)Nc1ccc(C(C)(C)C)cc1. The minimum Gasteiger partial charge on any atom is -0.449 e. The average molecular weight is 371 g/mol. The van der Waals surface area contributed by atoms with Crippen molar-refractivity contribution in [1.29, 1.82) is 0 Å². The quantitative estimate of drug-likeness (QED) is 0.828. The van der Waals surface area contributed by atoms with Crippen LogP contribution < -0.4 is 10.9 Å². The number of aryl methyl sites for hydroxylation is 2. The first-order chi connectivity index (χ1) is 12.5. The van der Waals surface area contributed by atoms with Crippen molar-refractivity contribution < 1.29 is 18.7 Å². The summed E-state index contributed by atoms with van der Waals surface area (Å²) in [5, 5.41) is 2.73. The molecule has 1 N–H and O–H groups in total. The van der Waals surface area contributed by atoms with E-state index in [2.05, 4.69) is 26.1 Å².